The van der Waals surface area contributed by atoms with Crippen LogP contribution < -0.4 is 5.32 Å². The Bertz CT molecular complexity index is 206. The molecule has 0 bridgehead atoms. The molecule has 2 atom stereocenters. The third-order valence-corrected chi connectivity index (χ3v) is 4.02. The fourth-order valence-corrected chi connectivity index (χ4v) is 2.77. The first kappa shape index (κ1) is 12.3. The molecule has 1 aliphatic carbocycles. The first-order valence-corrected chi connectivity index (χ1v) is 6.83. The van der Waals surface area contributed by atoms with E-state index < -0.39 is 0 Å². The molecule has 94 valence electrons. The summed E-state index contributed by atoms with van der Waals surface area (Å²) in [5, 5.41) is 3.62. The monoisotopic (exact) mass is 226 g/mol. The lowest BCUT2D eigenvalue weighted by atomic mass is 9.79. The lowest BCUT2D eigenvalue weighted by molar-refractivity contribution is -0.0440. The van der Waals surface area contributed by atoms with Crippen LogP contribution in [0.15, 0.2) is 0 Å². The van der Waals surface area contributed by atoms with E-state index in [1.54, 1.807) is 0 Å². The van der Waals surface area contributed by atoms with Gasteiger partial charge >= 0.3 is 0 Å². The molecule has 2 aliphatic rings. The summed E-state index contributed by atoms with van der Waals surface area (Å²) in [4.78, 5) is 2.39. The van der Waals surface area contributed by atoms with E-state index >= 15 is 0 Å². The van der Waals surface area contributed by atoms with Crippen LogP contribution in [-0.2, 0) is 4.74 Å². The highest BCUT2D eigenvalue weighted by atomic mass is 16.5. The van der Waals surface area contributed by atoms with Crippen LogP contribution in [0.1, 0.15) is 32.6 Å². The molecule has 0 aromatic heterocycles. The fraction of sp³-hybridized carbons (Fsp3) is 1.00. The average molecular weight is 226 g/mol. The predicted molar refractivity (Wildman–Crippen MR) is 66.7 cm³/mol. The summed E-state index contributed by atoms with van der Waals surface area (Å²) in [5.74, 6) is 0.958. The molecule has 3 nitrogen and oxygen atoms in total. The van der Waals surface area contributed by atoms with E-state index in [0.29, 0.717) is 12.1 Å². The molecule has 3 heteroatoms. The molecule has 0 aromatic rings. The van der Waals surface area contributed by atoms with Crippen LogP contribution in [0.4, 0.5) is 0 Å². The SMILES string of the molecule is CCNC(CC1CCC1)C1CN(C)CCO1. The maximum absolute atomic E-state index is 5.93. The number of rotatable bonds is 5. The van der Waals surface area contributed by atoms with Gasteiger partial charge in [0.05, 0.1) is 12.7 Å². The van der Waals surface area contributed by atoms with Gasteiger partial charge in [-0.05, 0) is 25.9 Å². The molecule has 0 amide bonds. The molecule has 2 fully saturated rings. The van der Waals surface area contributed by atoms with Gasteiger partial charge in [-0.1, -0.05) is 26.2 Å². The van der Waals surface area contributed by atoms with E-state index in [2.05, 4.69) is 24.2 Å². The van der Waals surface area contributed by atoms with E-state index in [1.807, 2.05) is 0 Å². The second-order valence-corrected chi connectivity index (χ2v) is 5.37. The second kappa shape index (κ2) is 5.99. The molecule has 1 heterocycles. The van der Waals surface area contributed by atoms with E-state index in [1.165, 1.54) is 25.7 Å². The van der Waals surface area contributed by atoms with Crippen molar-refractivity contribution in [2.45, 2.75) is 44.8 Å². The number of hydrogen-bond acceptors (Lipinski definition) is 3. The van der Waals surface area contributed by atoms with Gasteiger partial charge in [0.1, 0.15) is 0 Å². The van der Waals surface area contributed by atoms with Crippen LogP contribution in [0.3, 0.4) is 0 Å². The Morgan fingerprint density at radius 3 is 2.81 bits per heavy atom. The van der Waals surface area contributed by atoms with Gasteiger partial charge in [-0.3, -0.25) is 0 Å². The molecule has 1 N–H and O–H groups in total. The van der Waals surface area contributed by atoms with E-state index in [4.69, 9.17) is 4.74 Å². The second-order valence-electron chi connectivity index (χ2n) is 5.37. The van der Waals surface area contributed by atoms with Crippen LogP contribution in [-0.4, -0.2) is 50.3 Å². The molecule has 16 heavy (non-hydrogen) atoms. The van der Waals surface area contributed by atoms with Crippen molar-refractivity contribution in [2.75, 3.05) is 33.3 Å². The maximum Gasteiger partial charge on any atom is 0.0855 e. The summed E-state index contributed by atoms with van der Waals surface area (Å²) in [7, 11) is 2.20. The summed E-state index contributed by atoms with van der Waals surface area (Å²) in [5.41, 5.74) is 0. The third-order valence-electron chi connectivity index (χ3n) is 4.02. The van der Waals surface area contributed by atoms with Crippen LogP contribution in [0.25, 0.3) is 0 Å². The maximum atomic E-state index is 5.93. The third kappa shape index (κ3) is 3.19. The molecule has 0 spiro atoms. The minimum Gasteiger partial charge on any atom is -0.374 e. The van der Waals surface area contributed by atoms with Gasteiger partial charge in [0.25, 0.3) is 0 Å². The Kier molecular flexibility index (Phi) is 4.62. The van der Waals surface area contributed by atoms with Crippen LogP contribution in [0.2, 0.25) is 0 Å². The Balaban J connectivity index is 1.83. The molecule has 2 unspecified atom stereocenters. The molecular formula is C13H26N2O. The molecule has 1 saturated carbocycles. The minimum absolute atomic E-state index is 0.402. The predicted octanol–water partition coefficient (Wildman–Crippen LogP) is 1.49. The molecule has 1 saturated heterocycles. The minimum atomic E-state index is 0.402. The van der Waals surface area contributed by atoms with Crippen molar-refractivity contribution in [3.05, 3.63) is 0 Å². The summed E-state index contributed by atoms with van der Waals surface area (Å²) in [6.07, 6.45) is 6.02. The summed E-state index contributed by atoms with van der Waals surface area (Å²) in [6.45, 7) is 6.32. The van der Waals surface area contributed by atoms with Crippen molar-refractivity contribution in [2.24, 2.45) is 5.92 Å². The topological polar surface area (TPSA) is 24.5 Å². The summed E-state index contributed by atoms with van der Waals surface area (Å²) < 4.78 is 5.93. The van der Waals surface area contributed by atoms with Gasteiger partial charge < -0.3 is 15.0 Å². The first-order valence-electron chi connectivity index (χ1n) is 6.83. The molecular weight excluding hydrogens is 200 g/mol. The largest absolute Gasteiger partial charge is 0.374 e. The number of nitrogens with zero attached hydrogens (tertiary/aromatic N) is 1. The highest BCUT2D eigenvalue weighted by Gasteiger charge is 2.30. The lowest BCUT2D eigenvalue weighted by Crippen LogP contribution is -2.52. The highest BCUT2D eigenvalue weighted by Crippen LogP contribution is 2.31. The van der Waals surface area contributed by atoms with Crippen molar-refractivity contribution < 1.29 is 4.74 Å². The summed E-state index contributed by atoms with van der Waals surface area (Å²) >= 11 is 0. The Morgan fingerprint density at radius 2 is 2.25 bits per heavy atom. The van der Waals surface area contributed by atoms with E-state index in [-0.39, 0.29) is 0 Å². The van der Waals surface area contributed by atoms with Gasteiger partial charge in [-0.2, -0.15) is 0 Å². The van der Waals surface area contributed by atoms with Crippen molar-refractivity contribution in [3.63, 3.8) is 0 Å². The van der Waals surface area contributed by atoms with Gasteiger partial charge in [0, 0.05) is 19.1 Å². The number of morpholine rings is 1. The van der Waals surface area contributed by atoms with Crippen molar-refractivity contribution in [1.82, 2.24) is 10.2 Å². The average Bonchev–Trinajstić information content (AvgIpc) is 2.21. The van der Waals surface area contributed by atoms with Crippen LogP contribution >= 0.6 is 0 Å². The highest BCUT2D eigenvalue weighted by molar-refractivity contribution is 4.86. The van der Waals surface area contributed by atoms with Crippen molar-refractivity contribution in [1.29, 1.82) is 0 Å². The standard InChI is InChI=1S/C13H26N2O/c1-3-14-12(9-11-5-4-6-11)13-10-15(2)7-8-16-13/h11-14H,3-10H2,1-2H3. The number of nitrogens with one attached hydrogen (secondary N) is 1. The van der Waals surface area contributed by atoms with Crippen molar-refractivity contribution in [3.8, 4) is 0 Å². The van der Waals surface area contributed by atoms with Gasteiger partial charge in [0.2, 0.25) is 0 Å². The van der Waals surface area contributed by atoms with Crippen molar-refractivity contribution >= 4 is 0 Å². The van der Waals surface area contributed by atoms with Crippen LogP contribution in [0.5, 0.6) is 0 Å². The smallest absolute Gasteiger partial charge is 0.0855 e. The number of ether oxygens (including phenoxy) is 1. The molecule has 2 rings (SSSR count). The zero-order valence-electron chi connectivity index (χ0n) is 10.7. The van der Waals surface area contributed by atoms with Gasteiger partial charge in [-0.15, -0.1) is 0 Å². The molecule has 1 aliphatic heterocycles. The quantitative estimate of drug-likeness (QED) is 0.768. The zero-order valence-corrected chi connectivity index (χ0v) is 10.7. The fourth-order valence-electron chi connectivity index (χ4n) is 2.77. The zero-order chi connectivity index (χ0) is 11.4. The summed E-state index contributed by atoms with van der Waals surface area (Å²) in [6, 6.07) is 0.568. The first-order chi connectivity index (χ1) is 7.79. The van der Waals surface area contributed by atoms with Crippen LogP contribution in [0, 0.1) is 5.92 Å². The van der Waals surface area contributed by atoms with E-state index in [0.717, 1.165) is 32.2 Å². The number of likely N-dealkylation sites (N-methyl/N-ethyl adjacent to an activating group) is 2. The normalized spacial score (nSPS) is 30.0. The molecule has 0 radical (unpaired) electrons. The van der Waals surface area contributed by atoms with E-state index in [9.17, 15) is 0 Å². The number of hydrogen-bond donors (Lipinski definition) is 1. The van der Waals surface area contributed by atoms with Gasteiger partial charge in [0.15, 0.2) is 0 Å². The lowest BCUT2D eigenvalue weighted by Gasteiger charge is -2.38. The Morgan fingerprint density at radius 1 is 1.44 bits per heavy atom. The molecule has 0 aromatic carbocycles. The Hall–Kier alpha value is -0.120. The van der Waals surface area contributed by atoms with Gasteiger partial charge in [-0.25, -0.2) is 0 Å². The Labute approximate surface area is 99.5 Å².